The minimum atomic E-state index is -0.546. The molecular weight excluding hydrogens is 350 g/mol. The van der Waals surface area contributed by atoms with Crippen molar-refractivity contribution < 1.29 is 27.0 Å². The summed E-state index contributed by atoms with van der Waals surface area (Å²) >= 11 is 0. The Morgan fingerprint density at radius 1 is 0.769 bits per heavy atom. The molecule has 3 N–H and O–H groups in total. The fraction of sp³-hybridized carbons (Fsp3) is 0.0500. The average Bonchev–Trinajstić information content (AvgIpc) is 2.68. The van der Waals surface area contributed by atoms with E-state index < -0.39 is 11.9 Å². The van der Waals surface area contributed by atoms with Gasteiger partial charge >= 0.3 is 6.03 Å². The normalized spacial score (nSPS) is 9.88. The molecule has 2 aromatic carbocycles. The van der Waals surface area contributed by atoms with Crippen LogP contribution in [0.15, 0.2) is 85.2 Å². The second kappa shape index (κ2) is 9.34. The number of halogens is 1. The molecule has 3 rings (SSSR count). The number of nitrogens with one attached hydrogen (secondary N) is 3. The van der Waals surface area contributed by atoms with Gasteiger partial charge in [0.2, 0.25) is 0 Å². The van der Waals surface area contributed by atoms with E-state index in [1.807, 2.05) is 60.7 Å². The Bertz CT molecular complexity index is 803. The molecule has 1 aromatic heterocycles. The summed E-state index contributed by atoms with van der Waals surface area (Å²) in [6.07, 6.45) is 3.26. The van der Waals surface area contributed by atoms with Crippen LogP contribution < -0.4 is 28.0 Å². The molecule has 0 bridgehead atoms. The van der Waals surface area contributed by atoms with E-state index in [4.69, 9.17) is 0 Å². The average molecular weight is 368 g/mol. The Morgan fingerprint density at radius 3 is 1.77 bits per heavy atom. The standard InChI is InChI=1S/C20H17N3O2.ClH/c24-19(17-11-13-21-14-12-17)23-20(25)22-18(15-7-3-1-4-8-15)16-9-5-2-6-10-16;/h1-14,18H,(H2,22,23,24,25);1H. The number of hydrogen-bond acceptors (Lipinski definition) is 2. The third-order valence-corrected chi connectivity index (χ3v) is 3.75. The molecule has 6 heteroatoms. The van der Waals surface area contributed by atoms with Crippen LogP contribution in [0.5, 0.6) is 0 Å². The molecule has 0 aliphatic rings. The van der Waals surface area contributed by atoms with E-state index in [0.29, 0.717) is 5.56 Å². The van der Waals surface area contributed by atoms with E-state index >= 15 is 0 Å². The quantitative estimate of drug-likeness (QED) is 0.666. The van der Waals surface area contributed by atoms with Crippen LogP contribution in [0.1, 0.15) is 27.5 Å². The van der Waals surface area contributed by atoms with Crippen molar-refractivity contribution in [2.45, 2.75) is 6.04 Å². The number of rotatable bonds is 4. The molecule has 26 heavy (non-hydrogen) atoms. The number of benzene rings is 2. The van der Waals surface area contributed by atoms with Crippen molar-refractivity contribution >= 4 is 11.9 Å². The zero-order valence-corrected chi connectivity index (χ0v) is 14.6. The Hall–Kier alpha value is -3.18. The van der Waals surface area contributed by atoms with Gasteiger partial charge in [0.05, 0.1) is 11.6 Å². The van der Waals surface area contributed by atoms with E-state index in [-0.39, 0.29) is 18.4 Å². The largest absolute Gasteiger partial charge is 1.00 e. The minimum Gasteiger partial charge on any atom is -1.00 e. The van der Waals surface area contributed by atoms with Crippen molar-refractivity contribution in [3.63, 3.8) is 0 Å². The maximum Gasteiger partial charge on any atom is 0.322 e. The van der Waals surface area contributed by atoms with Gasteiger partial charge in [0.1, 0.15) is 0 Å². The SMILES string of the molecule is O=C(NC(=O)c1cc[nH+]cc1)NC(c1ccccc1)c1ccccc1.[Cl-]. The fourth-order valence-corrected chi connectivity index (χ4v) is 2.53. The lowest BCUT2D eigenvalue weighted by atomic mass is 9.99. The monoisotopic (exact) mass is 367 g/mol. The van der Waals surface area contributed by atoms with Gasteiger partial charge in [0.15, 0.2) is 12.4 Å². The van der Waals surface area contributed by atoms with Crippen LogP contribution in [-0.4, -0.2) is 11.9 Å². The van der Waals surface area contributed by atoms with Crippen LogP contribution in [-0.2, 0) is 0 Å². The number of pyridine rings is 1. The molecule has 0 aliphatic carbocycles. The Labute approximate surface area is 157 Å². The maximum absolute atomic E-state index is 12.3. The highest BCUT2D eigenvalue weighted by Gasteiger charge is 2.18. The molecule has 0 spiro atoms. The van der Waals surface area contributed by atoms with Gasteiger partial charge in [-0.15, -0.1) is 0 Å². The van der Waals surface area contributed by atoms with Gasteiger partial charge in [-0.05, 0) is 11.1 Å². The first-order chi connectivity index (χ1) is 12.2. The lowest BCUT2D eigenvalue weighted by Crippen LogP contribution is -3.00. The van der Waals surface area contributed by atoms with E-state index in [2.05, 4.69) is 15.6 Å². The van der Waals surface area contributed by atoms with Gasteiger partial charge in [0.25, 0.3) is 5.91 Å². The summed E-state index contributed by atoms with van der Waals surface area (Å²) in [5, 5.41) is 5.23. The Kier molecular flexibility index (Phi) is 6.88. The summed E-state index contributed by atoms with van der Waals surface area (Å²) in [5.74, 6) is -0.452. The van der Waals surface area contributed by atoms with Crippen molar-refractivity contribution in [2.75, 3.05) is 0 Å². The number of urea groups is 1. The van der Waals surface area contributed by atoms with E-state index in [1.165, 1.54) is 0 Å². The van der Waals surface area contributed by atoms with Crippen LogP contribution in [0.2, 0.25) is 0 Å². The molecule has 0 radical (unpaired) electrons. The Balaban J connectivity index is 0.00000243. The van der Waals surface area contributed by atoms with Gasteiger partial charge in [-0.2, -0.15) is 0 Å². The summed E-state index contributed by atoms with van der Waals surface area (Å²) < 4.78 is 0. The number of aromatic nitrogens is 1. The molecule has 132 valence electrons. The first-order valence-electron chi connectivity index (χ1n) is 7.92. The molecule has 3 amide bonds. The molecule has 0 aliphatic heterocycles. The predicted molar refractivity (Wildman–Crippen MR) is 93.7 cm³/mol. The maximum atomic E-state index is 12.3. The summed E-state index contributed by atoms with van der Waals surface area (Å²) in [4.78, 5) is 27.3. The van der Waals surface area contributed by atoms with Crippen LogP contribution in [0, 0.1) is 0 Å². The highest BCUT2D eigenvalue weighted by atomic mass is 35.5. The highest BCUT2D eigenvalue weighted by molar-refractivity contribution is 6.04. The number of hydrogen-bond donors (Lipinski definition) is 2. The van der Waals surface area contributed by atoms with E-state index in [9.17, 15) is 9.59 Å². The fourth-order valence-electron chi connectivity index (χ4n) is 2.53. The summed E-state index contributed by atoms with van der Waals surface area (Å²) in [6, 6.07) is 21.6. The molecule has 3 aromatic rings. The van der Waals surface area contributed by atoms with Crippen molar-refractivity contribution in [3.05, 3.63) is 102 Å². The third-order valence-electron chi connectivity index (χ3n) is 3.75. The molecule has 1 heterocycles. The van der Waals surface area contributed by atoms with E-state index in [0.717, 1.165) is 11.1 Å². The predicted octanol–water partition coefficient (Wildman–Crippen LogP) is -0.266. The second-order valence-corrected chi connectivity index (χ2v) is 5.47. The number of carbonyl (C=O) groups excluding carboxylic acids is 2. The molecule has 0 unspecified atom stereocenters. The molecule has 5 nitrogen and oxygen atoms in total. The van der Waals surface area contributed by atoms with Gasteiger partial charge in [-0.25, -0.2) is 9.78 Å². The lowest BCUT2D eigenvalue weighted by Gasteiger charge is -2.20. The van der Waals surface area contributed by atoms with Crippen LogP contribution in [0.25, 0.3) is 0 Å². The van der Waals surface area contributed by atoms with Crippen LogP contribution in [0.4, 0.5) is 4.79 Å². The van der Waals surface area contributed by atoms with Crippen molar-refractivity contribution in [1.82, 2.24) is 10.6 Å². The van der Waals surface area contributed by atoms with E-state index in [1.54, 1.807) is 24.5 Å². The summed E-state index contributed by atoms with van der Waals surface area (Å²) in [5.41, 5.74) is 2.28. The highest BCUT2D eigenvalue weighted by Crippen LogP contribution is 2.21. The summed E-state index contributed by atoms with van der Waals surface area (Å²) in [6.45, 7) is 0. The molecular formula is C20H18ClN3O2. The molecule has 0 fully saturated rings. The molecule has 0 saturated heterocycles. The Morgan fingerprint density at radius 2 is 1.27 bits per heavy atom. The number of carbonyl (C=O) groups is 2. The first kappa shape index (κ1) is 19.1. The number of aromatic amines is 1. The van der Waals surface area contributed by atoms with Crippen LogP contribution in [0.3, 0.4) is 0 Å². The number of H-pyrrole nitrogens is 1. The van der Waals surface area contributed by atoms with Crippen LogP contribution >= 0.6 is 0 Å². The number of amides is 3. The minimum absolute atomic E-state index is 0. The van der Waals surface area contributed by atoms with Crippen molar-refractivity contribution in [1.29, 1.82) is 0 Å². The first-order valence-corrected chi connectivity index (χ1v) is 7.92. The van der Waals surface area contributed by atoms with Gasteiger partial charge in [0, 0.05) is 12.1 Å². The van der Waals surface area contributed by atoms with Gasteiger partial charge in [-0.1, -0.05) is 60.7 Å². The topological polar surface area (TPSA) is 72.3 Å². The summed E-state index contributed by atoms with van der Waals surface area (Å²) in [7, 11) is 0. The third kappa shape index (κ3) is 4.91. The smallest absolute Gasteiger partial charge is 0.322 e. The van der Waals surface area contributed by atoms with Gasteiger partial charge in [-0.3, -0.25) is 10.1 Å². The van der Waals surface area contributed by atoms with Crippen molar-refractivity contribution in [3.8, 4) is 0 Å². The molecule has 0 atom stereocenters. The number of imide groups is 1. The zero-order valence-electron chi connectivity index (χ0n) is 13.9. The lowest BCUT2D eigenvalue weighted by molar-refractivity contribution is -0.378. The van der Waals surface area contributed by atoms with Crippen molar-refractivity contribution in [2.24, 2.45) is 0 Å². The molecule has 0 saturated carbocycles. The zero-order chi connectivity index (χ0) is 17.5. The second-order valence-electron chi connectivity index (χ2n) is 5.47. The van der Waals surface area contributed by atoms with Gasteiger partial charge < -0.3 is 17.7 Å².